The molecule has 0 spiro atoms. The van der Waals surface area contributed by atoms with Crippen molar-refractivity contribution >= 4 is 11.8 Å². The molecule has 14 heavy (non-hydrogen) atoms. The van der Waals surface area contributed by atoms with Crippen molar-refractivity contribution in [1.82, 2.24) is 0 Å². The van der Waals surface area contributed by atoms with Crippen LogP contribution in [0.25, 0.3) is 0 Å². The zero-order valence-corrected chi connectivity index (χ0v) is 9.81. The normalized spacial score (nSPS) is 12.8. The van der Waals surface area contributed by atoms with Crippen molar-refractivity contribution in [3.63, 3.8) is 0 Å². The average molecular weight is 209 g/mol. The fraction of sp³-hybridized carbons (Fsp3) is 0.500. The van der Waals surface area contributed by atoms with Crippen LogP contribution in [0.5, 0.6) is 0 Å². The third kappa shape index (κ3) is 3.72. The van der Waals surface area contributed by atoms with Crippen molar-refractivity contribution in [3.05, 3.63) is 29.8 Å². The maximum absolute atomic E-state index is 5.54. The highest BCUT2D eigenvalue weighted by molar-refractivity contribution is 7.99. The summed E-state index contributed by atoms with van der Waals surface area (Å²) in [5, 5.41) is 0.712. The fourth-order valence-electron chi connectivity index (χ4n) is 1.40. The minimum atomic E-state index is 0.634. The molecule has 0 heterocycles. The second-order valence-corrected chi connectivity index (χ2v) is 5.08. The molecule has 1 atom stereocenters. The molecule has 0 bridgehead atoms. The smallest absolute Gasteiger partial charge is 0.0178 e. The van der Waals surface area contributed by atoms with Gasteiger partial charge in [-0.2, -0.15) is 0 Å². The molecule has 0 aliphatic carbocycles. The van der Waals surface area contributed by atoms with E-state index in [1.807, 2.05) is 11.8 Å². The molecule has 0 amide bonds. The van der Waals surface area contributed by atoms with E-state index >= 15 is 0 Å². The lowest BCUT2D eigenvalue weighted by atomic mass is 10.2. The van der Waals surface area contributed by atoms with E-state index in [-0.39, 0.29) is 0 Å². The predicted molar refractivity (Wildman–Crippen MR) is 64.6 cm³/mol. The van der Waals surface area contributed by atoms with Crippen LogP contribution in [0.4, 0.5) is 0 Å². The van der Waals surface area contributed by atoms with Gasteiger partial charge in [-0.15, -0.1) is 11.8 Å². The maximum Gasteiger partial charge on any atom is 0.0178 e. The molecule has 78 valence electrons. The Hall–Kier alpha value is -0.470. The van der Waals surface area contributed by atoms with Crippen molar-refractivity contribution in [2.75, 3.05) is 0 Å². The van der Waals surface area contributed by atoms with Crippen molar-refractivity contribution < 1.29 is 0 Å². The SMILES string of the molecule is CCCC(C)Sc1ccc(CN)cc1. The highest BCUT2D eigenvalue weighted by Crippen LogP contribution is 2.25. The molecule has 2 heteroatoms. The Morgan fingerprint density at radius 2 is 1.93 bits per heavy atom. The molecule has 0 saturated heterocycles. The summed E-state index contributed by atoms with van der Waals surface area (Å²) in [6.45, 7) is 5.15. The Balaban J connectivity index is 2.50. The molecular formula is C12H19NS. The van der Waals surface area contributed by atoms with E-state index in [0.717, 1.165) is 0 Å². The molecule has 0 aromatic heterocycles. The highest BCUT2D eigenvalue weighted by Gasteiger charge is 2.02. The molecule has 1 aromatic carbocycles. The van der Waals surface area contributed by atoms with E-state index in [9.17, 15) is 0 Å². The van der Waals surface area contributed by atoms with Crippen molar-refractivity contribution in [2.45, 2.75) is 43.4 Å². The van der Waals surface area contributed by atoms with E-state index < -0.39 is 0 Å². The van der Waals surface area contributed by atoms with E-state index in [1.54, 1.807) is 0 Å². The Morgan fingerprint density at radius 1 is 1.29 bits per heavy atom. The summed E-state index contributed by atoms with van der Waals surface area (Å²) in [6, 6.07) is 8.56. The summed E-state index contributed by atoms with van der Waals surface area (Å²) in [5.74, 6) is 0. The van der Waals surface area contributed by atoms with Crippen molar-refractivity contribution in [3.8, 4) is 0 Å². The van der Waals surface area contributed by atoms with E-state index in [0.29, 0.717) is 11.8 Å². The minimum absolute atomic E-state index is 0.634. The number of nitrogens with two attached hydrogens (primary N) is 1. The number of benzene rings is 1. The molecule has 0 aliphatic rings. The molecule has 0 aliphatic heterocycles. The number of hydrogen-bond acceptors (Lipinski definition) is 2. The zero-order chi connectivity index (χ0) is 10.4. The number of thioether (sulfide) groups is 1. The summed E-state index contributed by atoms with van der Waals surface area (Å²) in [7, 11) is 0. The maximum atomic E-state index is 5.54. The third-order valence-electron chi connectivity index (χ3n) is 2.19. The Labute approximate surface area is 91.1 Å². The van der Waals surface area contributed by atoms with Crippen LogP contribution >= 0.6 is 11.8 Å². The van der Waals surface area contributed by atoms with Gasteiger partial charge in [0, 0.05) is 16.7 Å². The van der Waals surface area contributed by atoms with Gasteiger partial charge in [-0.3, -0.25) is 0 Å². The monoisotopic (exact) mass is 209 g/mol. The predicted octanol–water partition coefficient (Wildman–Crippen LogP) is 3.43. The van der Waals surface area contributed by atoms with Crippen LogP contribution < -0.4 is 5.73 Å². The van der Waals surface area contributed by atoms with Gasteiger partial charge in [-0.1, -0.05) is 32.4 Å². The van der Waals surface area contributed by atoms with Gasteiger partial charge < -0.3 is 5.73 Å². The summed E-state index contributed by atoms with van der Waals surface area (Å²) in [5.41, 5.74) is 6.75. The highest BCUT2D eigenvalue weighted by atomic mass is 32.2. The second-order valence-electron chi connectivity index (χ2n) is 3.57. The first-order chi connectivity index (χ1) is 6.76. The van der Waals surface area contributed by atoms with Gasteiger partial charge in [0.2, 0.25) is 0 Å². The molecular weight excluding hydrogens is 190 g/mol. The van der Waals surface area contributed by atoms with Crippen molar-refractivity contribution in [1.29, 1.82) is 0 Å². The van der Waals surface area contributed by atoms with Crippen LogP contribution in [-0.4, -0.2) is 5.25 Å². The molecule has 1 aromatic rings. The van der Waals surface area contributed by atoms with E-state index in [1.165, 1.54) is 23.3 Å². The summed E-state index contributed by atoms with van der Waals surface area (Å²) >= 11 is 1.95. The topological polar surface area (TPSA) is 26.0 Å². The lowest BCUT2D eigenvalue weighted by molar-refractivity contribution is 0.787. The zero-order valence-electron chi connectivity index (χ0n) is 8.99. The van der Waals surface area contributed by atoms with Gasteiger partial charge >= 0.3 is 0 Å². The van der Waals surface area contributed by atoms with Gasteiger partial charge in [-0.25, -0.2) is 0 Å². The molecule has 2 N–H and O–H groups in total. The molecule has 0 saturated carbocycles. The first-order valence-electron chi connectivity index (χ1n) is 5.22. The van der Waals surface area contributed by atoms with Crippen LogP contribution in [0.3, 0.4) is 0 Å². The molecule has 1 unspecified atom stereocenters. The first-order valence-corrected chi connectivity index (χ1v) is 6.10. The Kier molecular flexibility index (Phi) is 5.05. The van der Waals surface area contributed by atoms with Crippen LogP contribution in [0, 0.1) is 0 Å². The van der Waals surface area contributed by atoms with Crippen LogP contribution in [0.2, 0.25) is 0 Å². The van der Waals surface area contributed by atoms with Crippen molar-refractivity contribution in [2.24, 2.45) is 5.73 Å². The van der Waals surface area contributed by atoms with Gasteiger partial charge in [-0.05, 0) is 24.1 Å². The van der Waals surface area contributed by atoms with E-state index in [2.05, 4.69) is 38.1 Å². The number of hydrogen-bond donors (Lipinski definition) is 1. The fourth-order valence-corrected chi connectivity index (χ4v) is 2.51. The lowest BCUT2D eigenvalue weighted by Crippen LogP contribution is -1.96. The van der Waals surface area contributed by atoms with E-state index in [4.69, 9.17) is 5.73 Å². The third-order valence-corrected chi connectivity index (χ3v) is 3.37. The van der Waals surface area contributed by atoms with Gasteiger partial charge in [0.1, 0.15) is 0 Å². The standard InChI is InChI=1S/C12H19NS/c1-3-4-10(2)14-12-7-5-11(9-13)6-8-12/h5-8,10H,3-4,9,13H2,1-2H3. The average Bonchev–Trinajstić information content (AvgIpc) is 2.19. The van der Waals surface area contributed by atoms with Gasteiger partial charge in [0.05, 0.1) is 0 Å². The lowest BCUT2D eigenvalue weighted by Gasteiger charge is -2.09. The number of rotatable bonds is 5. The van der Waals surface area contributed by atoms with Crippen LogP contribution in [-0.2, 0) is 6.54 Å². The molecule has 1 nitrogen and oxygen atoms in total. The molecule has 0 radical (unpaired) electrons. The first kappa shape index (κ1) is 11.6. The largest absolute Gasteiger partial charge is 0.326 e. The summed E-state index contributed by atoms with van der Waals surface area (Å²) in [6.07, 6.45) is 2.54. The summed E-state index contributed by atoms with van der Waals surface area (Å²) in [4.78, 5) is 1.35. The van der Waals surface area contributed by atoms with Gasteiger partial charge in [0.25, 0.3) is 0 Å². The van der Waals surface area contributed by atoms with Crippen LogP contribution in [0.1, 0.15) is 32.3 Å². The van der Waals surface area contributed by atoms with Gasteiger partial charge in [0.15, 0.2) is 0 Å². The Morgan fingerprint density at radius 3 is 2.43 bits per heavy atom. The van der Waals surface area contributed by atoms with Crippen LogP contribution in [0.15, 0.2) is 29.2 Å². The minimum Gasteiger partial charge on any atom is -0.326 e. The molecule has 0 fully saturated rings. The quantitative estimate of drug-likeness (QED) is 0.752. The second kappa shape index (κ2) is 6.10. The summed E-state index contributed by atoms with van der Waals surface area (Å²) < 4.78 is 0. The molecule has 1 rings (SSSR count). The Bertz CT molecular complexity index is 256.